The molecule has 3 atom stereocenters. The largest absolute Gasteiger partial charge is 0.462 e. The van der Waals surface area contributed by atoms with Gasteiger partial charge in [0, 0.05) is 6.42 Å². The molecule has 0 fully saturated rings. The van der Waals surface area contributed by atoms with E-state index in [1.54, 1.807) is 0 Å². The van der Waals surface area contributed by atoms with Gasteiger partial charge in [-0.05, 0) is 57.8 Å². The molecule has 6 nitrogen and oxygen atoms in total. The van der Waals surface area contributed by atoms with Crippen LogP contribution in [0.4, 0.5) is 0 Å². The maximum Gasteiger partial charge on any atom is 0.306 e. The summed E-state index contributed by atoms with van der Waals surface area (Å²) in [6.07, 6.45) is 62.1. The molecule has 0 aliphatic rings. The average molecular weight is 901 g/mol. The van der Waals surface area contributed by atoms with Gasteiger partial charge in [-0.15, -0.1) is 0 Å². The van der Waals surface area contributed by atoms with E-state index in [0.717, 1.165) is 77.0 Å². The Kier molecular flexibility index (Phi) is 50.5. The van der Waals surface area contributed by atoms with Gasteiger partial charge in [0.25, 0.3) is 0 Å². The summed E-state index contributed by atoms with van der Waals surface area (Å²) in [6, 6.07) is -0.703. The summed E-state index contributed by atoms with van der Waals surface area (Å²) >= 11 is 0. The first-order valence-electron chi connectivity index (χ1n) is 28.2. The number of ether oxygens (including phenoxy) is 1. The molecule has 0 spiro atoms. The Hall–Kier alpha value is -1.92. The van der Waals surface area contributed by atoms with E-state index >= 15 is 0 Å². The minimum atomic E-state index is -0.789. The molecule has 0 aromatic rings. The number of carbonyl (C=O) groups excluding carboxylic acids is 2. The van der Waals surface area contributed by atoms with E-state index in [4.69, 9.17) is 4.74 Å². The van der Waals surface area contributed by atoms with Crippen LogP contribution in [0.1, 0.15) is 297 Å². The predicted molar refractivity (Wildman–Crippen MR) is 278 cm³/mol. The minimum absolute atomic E-state index is 0.0729. The van der Waals surface area contributed by atoms with Crippen molar-refractivity contribution in [2.24, 2.45) is 0 Å². The van der Waals surface area contributed by atoms with Crippen LogP contribution < -0.4 is 5.32 Å². The lowest BCUT2D eigenvalue weighted by Crippen LogP contribution is -2.46. The molecule has 376 valence electrons. The van der Waals surface area contributed by atoms with Crippen LogP contribution in [0.3, 0.4) is 0 Å². The monoisotopic (exact) mass is 900 g/mol. The molecule has 0 aromatic heterocycles. The zero-order valence-electron chi connectivity index (χ0n) is 42.9. The number of hydrogen-bond acceptors (Lipinski definition) is 5. The number of amides is 1. The lowest BCUT2D eigenvalue weighted by Gasteiger charge is -2.24. The van der Waals surface area contributed by atoms with Crippen molar-refractivity contribution in [1.29, 1.82) is 0 Å². The van der Waals surface area contributed by atoms with Gasteiger partial charge in [-0.3, -0.25) is 9.59 Å². The smallest absolute Gasteiger partial charge is 0.306 e. The molecule has 0 saturated heterocycles. The van der Waals surface area contributed by atoms with Crippen molar-refractivity contribution < 1.29 is 24.5 Å². The second-order valence-electron chi connectivity index (χ2n) is 19.3. The highest BCUT2D eigenvalue weighted by Gasteiger charge is 2.24. The van der Waals surface area contributed by atoms with E-state index in [1.165, 1.54) is 173 Å². The van der Waals surface area contributed by atoms with Crippen LogP contribution in [0.25, 0.3) is 0 Å². The summed E-state index contributed by atoms with van der Waals surface area (Å²) in [5, 5.41) is 23.9. The molecule has 0 saturated carbocycles. The summed E-state index contributed by atoms with van der Waals surface area (Å²) in [6.45, 7) is 6.40. The molecular formula is C58H109NO5. The number of aliphatic hydroxyl groups is 2. The van der Waals surface area contributed by atoms with Gasteiger partial charge >= 0.3 is 5.97 Å². The molecule has 0 aliphatic carbocycles. The van der Waals surface area contributed by atoms with Gasteiger partial charge in [-0.25, -0.2) is 0 Å². The molecule has 0 radical (unpaired) electrons. The first-order valence-corrected chi connectivity index (χ1v) is 28.2. The number of allylic oxidation sites excluding steroid dienone is 6. The minimum Gasteiger partial charge on any atom is -0.462 e. The van der Waals surface area contributed by atoms with Crippen molar-refractivity contribution in [2.45, 2.75) is 315 Å². The Morgan fingerprint density at radius 1 is 0.469 bits per heavy atom. The van der Waals surface area contributed by atoms with E-state index in [9.17, 15) is 19.8 Å². The molecular weight excluding hydrogens is 791 g/mol. The fraction of sp³-hybridized carbons (Fsp3) is 0.862. The van der Waals surface area contributed by atoms with Crippen LogP contribution in [-0.4, -0.2) is 46.9 Å². The predicted octanol–water partition coefficient (Wildman–Crippen LogP) is 17.2. The summed E-state index contributed by atoms with van der Waals surface area (Å²) in [7, 11) is 0. The third-order valence-corrected chi connectivity index (χ3v) is 13.0. The molecule has 0 aromatic carbocycles. The van der Waals surface area contributed by atoms with Gasteiger partial charge in [-0.1, -0.05) is 263 Å². The van der Waals surface area contributed by atoms with Crippen molar-refractivity contribution >= 4 is 11.9 Å². The topological polar surface area (TPSA) is 95.9 Å². The SMILES string of the molecule is CC/C=C/C/C=C/C/C=C/CCCCCCC(=O)OC(CCCCCCCCCCCCCCCC)CC(=O)NC(CO)C(O)CCCCCCCCCCCCCCCCCCC. The van der Waals surface area contributed by atoms with E-state index in [1.807, 2.05) is 0 Å². The Morgan fingerprint density at radius 3 is 1.28 bits per heavy atom. The number of esters is 1. The molecule has 0 heterocycles. The van der Waals surface area contributed by atoms with Crippen molar-refractivity contribution in [3.05, 3.63) is 36.5 Å². The molecule has 64 heavy (non-hydrogen) atoms. The lowest BCUT2D eigenvalue weighted by atomic mass is 10.0. The number of aliphatic hydroxyl groups excluding tert-OH is 2. The number of rotatable bonds is 51. The van der Waals surface area contributed by atoms with E-state index < -0.39 is 18.2 Å². The first kappa shape index (κ1) is 62.1. The Balaban J connectivity index is 4.52. The van der Waals surface area contributed by atoms with Gasteiger partial charge in [0.15, 0.2) is 0 Å². The third-order valence-electron chi connectivity index (χ3n) is 13.0. The fourth-order valence-corrected chi connectivity index (χ4v) is 8.74. The second-order valence-corrected chi connectivity index (χ2v) is 19.3. The Bertz CT molecular complexity index is 1060. The number of nitrogens with one attached hydrogen (secondary N) is 1. The highest BCUT2D eigenvalue weighted by molar-refractivity contribution is 5.77. The van der Waals surface area contributed by atoms with Crippen LogP contribution >= 0.6 is 0 Å². The summed E-state index contributed by atoms with van der Waals surface area (Å²) in [5.41, 5.74) is 0. The van der Waals surface area contributed by atoms with Gasteiger partial charge < -0.3 is 20.3 Å². The zero-order chi connectivity index (χ0) is 46.7. The van der Waals surface area contributed by atoms with E-state index in [2.05, 4.69) is 62.5 Å². The molecule has 3 unspecified atom stereocenters. The summed E-state index contributed by atoms with van der Waals surface area (Å²) in [4.78, 5) is 26.2. The number of carbonyl (C=O) groups is 2. The molecule has 0 bridgehead atoms. The van der Waals surface area contributed by atoms with Crippen molar-refractivity contribution in [3.63, 3.8) is 0 Å². The van der Waals surface area contributed by atoms with Gasteiger partial charge in [0.05, 0.1) is 25.2 Å². The molecule has 0 aliphatic heterocycles. The maximum atomic E-state index is 13.3. The van der Waals surface area contributed by atoms with Gasteiger partial charge in [-0.2, -0.15) is 0 Å². The van der Waals surface area contributed by atoms with Gasteiger partial charge in [0.1, 0.15) is 6.10 Å². The zero-order valence-corrected chi connectivity index (χ0v) is 42.9. The normalized spacial score (nSPS) is 13.4. The van der Waals surface area contributed by atoms with Crippen LogP contribution in [0.15, 0.2) is 36.5 Å². The van der Waals surface area contributed by atoms with E-state index in [0.29, 0.717) is 19.3 Å². The quantitative estimate of drug-likeness (QED) is 0.0321. The summed E-state index contributed by atoms with van der Waals surface area (Å²) < 4.78 is 5.94. The number of unbranched alkanes of at least 4 members (excludes halogenated alkanes) is 33. The van der Waals surface area contributed by atoms with Gasteiger partial charge in [0.2, 0.25) is 5.91 Å². The molecule has 3 N–H and O–H groups in total. The second kappa shape index (κ2) is 52.1. The molecule has 1 amide bonds. The standard InChI is InChI=1S/C58H109NO5/c1-4-7-10-13-16-19-22-25-28-29-30-32-35-38-41-44-47-50-56(61)55(53-60)59-57(62)52-54(49-46-43-40-37-34-31-26-23-20-17-14-11-8-5-2)64-58(63)51-48-45-42-39-36-33-27-24-21-18-15-12-9-6-3/h9,12,18,21,27,33,54-56,60-61H,4-8,10-11,13-17,19-20,22-26,28-32,34-53H2,1-3H3,(H,59,62)/b12-9+,21-18+,33-27+. The fourth-order valence-electron chi connectivity index (χ4n) is 8.74. The maximum absolute atomic E-state index is 13.3. The van der Waals surface area contributed by atoms with Crippen molar-refractivity contribution in [1.82, 2.24) is 5.32 Å². The third kappa shape index (κ3) is 46.6. The molecule has 6 heteroatoms. The van der Waals surface area contributed by atoms with Crippen LogP contribution in [-0.2, 0) is 14.3 Å². The van der Waals surface area contributed by atoms with Crippen LogP contribution in [0.2, 0.25) is 0 Å². The Labute approximate surface area is 398 Å². The Morgan fingerprint density at radius 2 is 0.844 bits per heavy atom. The highest BCUT2D eigenvalue weighted by atomic mass is 16.5. The first-order chi connectivity index (χ1) is 31.5. The number of hydrogen-bond donors (Lipinski definition) is 3. The van der Waals surface area contributed by atoms with Crippen molar-refractivity contribution in [2.75, 3.05) is 6.61 Å². The van der Waals surface area contributed by atoms with Crippen molar-refractivity contribution in [3.8, 4) is 0 Å². The molecule has 0 rings (SSSR count). The van der Waals surface area contributed by atoms with E-state index in [-0.39, 0.29) is 24.9 Å². The van der Waals surface area contributed by atoms with Crippen LogP contribution in [0, 0.1) is 0 Å². The average Bonchev–Trinajstić information content (AvgIpc) is 3.29. The highest BCUT2D eigenvalue weighted by Crippen LogP contribution is 2.19. The summed E-state index contributed by atoms with van der Waals surface area (Å²) in [5.74, 6) is -0.485. The lowest BCUT2D eigenvalue weighted by molar-refractivity contribution is -0.151. The van der Waals surface area contributed by atoms with Crippen LogP contribution in [0.5, 0.6) is 0 Å².